The quantitative estimate of drug-likeness (QED) is 0.481. The Labute approximate surface area is 117 Å². The minimum absolute atomic E-state index is 0.0764. The molecule has 4 N–H and O–H groups in total. The van der Waals surface area contributed by atoms with Crippen LogP contribution in [-0.2, 0) is 0 Å². The van der Waals surface area contributed by atoms with Gasteiger partial charge in [0.2, 0.25) is 0 Å². The minimum Gasteiger partial charge on any atom is -0.498 e. The molecule has 0 aromatic carbocycles. The van der Waals surface area contributed by atoms with Crippen LogP contribution in [0.1, 0.15) is 27.7 Å². The second-order valence-electron chi connectivity index (χ2n) is 4.86. The van der Waals surface area contributed by atoms with E-state index in [0.29, 0.717) is 0 Å². The Balaban J connectivity index is 0.000000362. The van der Waals surface area contributed by atoms with Gasteiger partial charge in [0, 0.05) is 0 Å². The van der Waals surface area contributed by atoms with E-state index in [1.54, 1.807) is 39.8 Å². The van der Waals surface area contributed by atoms with Crippen LogP contribution in [0.2, 0.25) is 5.15 Å². The molecule has 19 heavy (non-hydrogen) atoms. The van der Waals surface area contributed by atoms with Crippen molar-refractivity contribution in [3.8, 4) is 5.88 Å². The molecule has 0 aliphatic heterocycles. The molecule has 0 bridgehead atoms. The average Bonchev–Trinajstić information content (AvgIpc) is 2.13. The molecule has 0 aliphatic rings. The fraction of sp³-hybridized carbons (Fsp3) is 0.545. The average molecular weight is 292 g/mol. The van der Waals surface area contributed by atoms with Crippen molar-refractivity contribution < 1.29 is 24.9 Å². The smallest absolute Gasteiger partial charge is 0.498 e. The van der Waals surface area contributed by atoms with Crippen LogP contribution in [-0.4, -0.2) is 43.8 Å². The predicted octanol–water partition coefficient (Wildman–Crippen LogP) is 0.611. The zero-order chi connectivity index (χ0) is 15.3. The van der Waals surface area contributed by atoms with E-state index in [1.165, 1.54) is 6.07 Å². The molecule has 1 heterocycles. The van der Waals surface area contributed by atoms with Gasteiger partial charge in [0.25, 0.3) is 0 Å². The van der Waals surface area contributed by atoms with Gasteiger partial charge in [0.05, 0.1) is 11.2 Å². The zero-order valence-corrected chi connectivity index (χ0v) is 12.1. The fourth-order valence-electron chi connectivity index (χ4n) is 0.563. The summed E-state index contributed by atoms with van der Waals surface area (Å²) in [6.45, 7) is 6.31. The van der Waals surface area contributed by atoms with Crippen molar-refractivity contribution in [1.29, 1.82) is 0 Å². The summed E-state index contributed by atoms with van der Waals surface area (Å²) in [5.41, 5.74) is -2.01. The van der Waals surface area contributed by atoms with Gasteiger partial charge >= 0.3 is 7.32 Å². The highest BCUT2D eigenvalue weighted by Gasteiger charge is 2.31. The fourth-order valence-corrected chi connectivity index (χ4v) is 0.719. The van der Waals surface area contributed by atoms with E-state index < -0.39 is 18.5 Å². The topological polar surface area (TPSA) is 103 Å². The van der Waals surface area contributed by atoms with Crippen LogP contribution in [0.4, 0.5) is 0 Å². The lowest BCUT2D eigenvalue weighted by Crippen LogP contribution is -2.44. The summed E-state index contributed by atoms with van der Waals surface area (Å²) in [5.74, 6) is 0.0764. The molecule has 0 fully saturated rings. The Morgan fingerprint density at radius 3 is 1.89 bits per heavy atom. The number of hydrogen-bond donors (Lipinski definition) is 4. The molecular weight excluding hydrogens is 272 g/mol. The molecule has 1 aromatic rings. The summed E-state index contributed by atoms with van der Waals surface area (Å²) in [5, 5.41) is 35.1. The molecule has 6 nitrogen and oxygen atoms in total. The van der Waals surface area contributed by atoms with Crippen molar-refractivity contribution in [2.45, 2.75) is 38.9 Å². The van der Waals surface area contributed by atoms with E-state index in [0.717, 1.165) is 0 Å². The molecule has 108 valence electrons. The number of halogens is 1. The molecule has 0 saturated carbocycles. The highest BCUT2D eigenvalue weighted by molar-refractivity contribution is 6.33. The predicted molar refractivity (Wildman–Crippen MR) is 72.7 cm³/mol. The Hall–Kier alpha value is -0.855. The van der Waals surface area contributed by atoms with Gasteiger partial charge in [-0.25, -0.2) is 4.98 Å². The number of pyridine rings is 1. The SMILES string of the molecule is CC(C)(O)C(C)(C)O.OB(O)Oc1cccc(Cl)n1. The monoisotopic (exact) mass is 291 g/mol. The molecule has 0 unspecified atom stereocenters. The number of nitrogens with zero attached hydrogens (tertiary/aromatic N) is 1. The van der Waals surface area contributed by atoms with E-state index in [4.69, 9.17) is 31.9 Å². The third kappa shape index (κ3) is 8.02. The third-order valence-electron chi connectivity index (χ3n) is 2.41. The molecular formula is C11H19BClNO5. The number of aromatic nitrogens is 1. The van der Waals surface area contributed by atoms with E-state index >= 15 is 0 Å². The van der Waals surface area contributed by atoms with E-state index in [9.17, 15) is 0 Å². The maximum absolute atomic E-state index is 9.10. The molecule has 1 rings (SSSR count). The molecule has 0 amide bonds. The largest absolute Gasteiger partial charge is 0.708 e. The maximum Gasteiger partial charge on any atom is 0.708 e. The van der Waals surface area contributed by atoms with Crippen molar-refractivity contribution in [3.63, 3.8) is 0 Å². The van der Waals surface area contributed by atoms with Crippen LogP contribution in [0, 0.1) is 0 Å². The van der Waals surface area contributed by atoms with Crippen molar-refractivity contribution in [3.05, 3.63) is 23.4 Å². The van der Waals surface area contributed by atoms with Crippen LogP contribution in [0.3, 0.4) is 0 Å². The Bertz CT molecular complexity index is 377. The first kappa shape index (κ1) is 18.1. The van der Waals surface area contributed by atoms with Gasteiger partial charge in [0.1, 0.15) is 5.15 Å². The minimum atomic E-state index is -1.86. The Morgan fingerprint density at radius 1 is 1.11 bits per heavy atom. The van der Waals surface area contributed by atoms with Gasteiger partial charge in [-0.1, -0.05) is 17.7 Å². The summed E-state index contributed by atoms with van der Waals surface area (Å²) in [7, 11) is -1.86. The summed E-state index contributed by atoms with van der Waals surface area (Å²) >= 11 is 5.47. The lowest BCUT2D eigenvalue weighted by Gasteiger charge is -2.31. The summed E-state index contributed by atoms with van der Waals surface area (Å²) < 4.78 is 4.41. The third-order valence-corrected chi connectivity index (χ3v) is 2.62. The van der Waals surface area contributed by atoms with Gasteiger partial charge in [-0.15, -0.1) is 0 Å². The molecule has 0 radical (unpaired) electrons. The van der Waals surface area contributed by atoms with Gasteiger partial charge < -0.3 is 24.9 Å². The lowest BCUT2D eigenvalue weighted by molar-refractivity contribution is -0.107. The van der Waals surface area contributed by atoms with Crippen LogP contribution < -0.4 is 4.65 Å². The first-order chi connectivity index (χ1) is 8.43. The van der Waals surface area contributed by atoms with Crippen molar-refractivity contribution in [1.82, 2.24) is 4.98 Å². The van der Waals surface area contributed by atoms with Crippen molar-refractivity contribution >= 4 is 18.9 Å². The first-order valence-electron chi connectivity index (χ1n) is 5.53. The standard InChI is InChI=1S/C6H14O2.C5H5BClNO3/c1-5(2,7)6(3,4)8;7-4-2-1-3-5(8-4)11-6(9)10/h7-8H,1-4H3;1-3,9-10H. The first-order valence-corrected chi connectivity index (χ1v) is 5.91. The molecule has 8 heteroatoms. The molecule has 0 saturated heterocycles. The molecule has 0 spiro atoms. The molecule has 0 atom stereocenters. The van der Waals surface area contributed by atoms with Crippen LogP contribution in [0.25, 0.3) is 0 Å². The summed E-state index contributed by atoms with van der Waals surface area (Å²) in [4.78, 5) is 3.64. The second kappa shape index (κ2) is 7.07. The normalized spacial score (nSPS) is 11.4. The van der Waals surface area contributed by atoms with Crippen LogP contribution in [0.5, 0.6) is 5.88 Å². The lowest BCUT2D eigenvalue weighted by atomic mass is 9.90. The number of aliphatic hydroxyl groups is 2. The van der Waals surface area contributed by atoms with Gasteiger partial charge in [-0.3, -0.25) is 0 Å². The molecule has 1 aromatic heterocycles. The maximum atomic E-state index is 9.10. The van der Waals surface area contributed by atoms with E-state index in [-0.39, 0.29) is 11.0 Å². The number of rotatable bonds is 3. The second-order valence-corrected chi connectivity index (χ2v) is 5.25. The van der Waals surface area contributed by atoms with Gasteiger partial charge in [0.15, 0.2) is 5.88 Å². The molecule has 0 aliphatic carbocycles. The highest BCUT2D eigenvalue weighted by Crippen LogP contribution is 2.19. The van der Waals surface area contributed by atoms with E-state index in [1.807, 2.05) is 0 Å². The van der Waals surface area contributed by atoms with Crippen molar-refractivity contribution in [2.24, 2.45) is 0 Å². The Kier molecular flexibility index (Phi) is 6.75. The van der Waals surface area contributed by atoms with E-state index in [2.05, 4.69) is 9.64 Å². The zero-order valence-electron chi connectivity index (χ0n) is 11.3. The number of hydrogen-bond acceptors (Lipinski definition) is 6. The van der Waals surface area contributed by atoms with Gasteiger partial charge in [-0.05, 0) is 39.8 Å². The van der Waals surface area contributed by atoms with Gasteiger partial charge in [-0.2, -0.15) is 0 Å². The summed E-state index contributed by atoms with van der Waals surface area (Å²) in [6.07, 6.45) is 0. The highest BCUT2D eigenvalue weighted by atomic mass is 35.5. The van der Waals surface area contributed by atoms with Crippen LogP contribution >= 0.6 is 11.6 Å². The Morgan fingerprint density at radius 2 is 1.58 bits per heavy atom. The summed E-state index contributed by atoms with van der Waals surface area (Å²) in [6, 6.07) is 4.61. The van der Waals surface area contributed by atoms with Crippen molar-refractivity contribution in [2.75, 3.05) is 0 Å². The van der Waals surface area contributed by atoms with Crippen LogP contribution in [0.15, 0.2) is 18.2 Å².